The number of amides is 1. The van der Waals surface area contributed by atoms with Gasteiger partial charge in [-0.15, -0.1) is 0 Å². The van der Waals surface area contributed by atoms with Crippen LogP contribution in [0.25, 0.3) is 4.85 Å². The van der Waals surface area contributed by atoms with Crippen molar-refractivity contribution in [2.24, 2.45) is 0 Å². The maximum Gasteiger partial charge on any atom is 0.410 e. The second-order valence-electron chi connectivity index (χ2n) is 9.26. The van der Waals surface area contributed by atoms with E-state index in [-0.39, 0.29) is 18.5 Å². The molecular weight excluding hydrogens is 406 g/mol. The number of nitrogens with zero attached hydrogens (tertiary/aromatic N) is 3. The first kappa shape index (κ1) is 23.8. The van der Waals surface area contributed by atoms with Crippen LogP contribution >= 0.6 is 11.6 Å². The summed E-state index contributed by atoms with van der Waals surface area (Å²) in [5.41, 5.74) is 0.609. The summed E-state index contributed by atoms with van der Waals surface area (Å²) in [4.78, 5) is 31.8. The molecule has 0 aliphatic carbocycles. The molecule has 0 atom stereocenters. The Kier molecular flexibility index (Phi) is 7.25. The minimum absolute atomic E-state index is 0.0270. The lowest BCUT2D eigenvalue weighted by Gasteiger charge is -2.37. The van der Waals surface area contributed by atoms with Crippen molar-refractivity contribution in [1.82, 2.24) is 4.90 Å². The third kappa shape index (κ3) is 6.81. The summed E-state index contributed by atoms with van der Waals surface area (Å²) in [6, 6.07) is 3.37. The van der Waals surface area contributed by atoms with Gasteiger partial charge < -0.3 is 19.3 Å². The number of hydrogen-bond donors (Lipinski definition) is 0. The van der Waals surface area contributed by atoms with E-state index in [0.29, 0.717) is 48.1 Å². The van der Waals surface area contributed by atoms with E-state index in [2.05, 4.69) is 4.85 Å². The first-order valence-electron chi connectivity index (χ1n) is 9.93. The molecule has 1 amide bonds. The lowest BCUT2D eigenvalue weighted by Crippen LogP contribution is -2.50. The third-order valence-corrected chi connectivity index (χ3v) is 4.64. The SMILES string of the molecule is [C-]#[N+]c1cc(Cl)c(CC(=O)OC(C)(C)C)cc1N1CCN(C(=O)OC(C)(C)C)CC1. The second-order valence-corrected chi connectivity index (χ2v) is 9.67. The zero-order chi connectivity index (χ0) is 22.7. The van der Waals surface area contributed by atoms with E-state index in [1.807, 2.05) is 46.4 Å². The quantitative estimate of drug-likeness (QED) is 0.502. The Balaban J connectivity index is 2.15. The summed E-state index contributed by atoms with van der Waals surface area (Å²) in [6.07, 6.45) is -0.312. The zero-order valence-electron chi connectivity index (χ0n) is 18.5. The van der Waals surface area contributed by atoms with E-state index in [1.165, 1.54) is 0 Å². The maximum atomic E-state index is 12.3. The molecule has 2 rings (SSSR count). The summed E-state index contributed by atoms with van der Waals surface area (Å²) < 4.78 is 10.8. The fraction of sp³-hybridized carbons (Fsp3) is 0.591. The third-order valence-electron chi connectivity index (χ3n) is 4.29. The van der Waals surface area contributed by atoms with Crippen molar-refractivity contribution < 1.29 is 19.1 Å². The number of carbonyl (C=O) groups is 2. The van der Waals surface area contributed by atoms with E-state index in [0.717, 1.165) is 0 Å². The Labute approximate surface area is 183 Å². The highest BCUT2D eigenvalue weighted by Gasteiger charge is 2.27. The Hall–Kier alpha value is -2.46. The number of piperazine rings is 1. The number of anilines is 1. The number of benzene rings is 1. The van der Waals surface area contributed by atoms with Crippen LogP contribution in [0, 0.1) is 6.57 Å². The number of halogens is 1. The molecule has 0 spiro atoms. The van der Waals surface area contributed by atoms with Crippen molar-refractivity contribution in [3.8, 4) is 0 Å². The van der Waals surface area contributed by atoms with E-state index >= 15 is 0 Å². The molecule has 0 unspecified atom stereocenters. The van der Waals surface area contributed by atoms with Gasteiger partial charge in [0.05, 0.1) is 13.0 Å². The summed E-state index contributed by atoms with van der Waals surface area (Å²) in [5, 5.41) is 0.364. The van der Waals surface area contributed by atoms with Crippen molar-refractivity contribution in [2.75, 3.05) is 31.1 Å². The summed E-state index contributed by atoms with van der Waals surface area (Å²) >= 11 is 6.32. The van der Waals surface area contributed by atoms with E-state index in [4.69, 9.17) is 27.6 Å². The molecule has 7 nitrogen and oxygen atoms in total. The van der Waals surface area contributed by atoms with Gasteiger partial charge in [-0.25, -0.2) is 9.64 Å². The first-order chi connectivity index (χ1) is 13.8. The molecule has 1 aliphatic rings. The Bertz CT molecular complexity index is 842. The van der Waals surface area contributed by atoms with E-state index in [1.54, 1.807) is 17.0 Å². The lowest BCUT2D eigenvalue weighted by molar-refractivity contribution is -0.153. The molecule has 1 aliphatic heterocycles. The smallest absolute Gasteiger partial charge is 0.410 e. The number of esters is 1. The van der Waals surface area contributed by atoms with Gasteiger partial charge in [0.25, 0.3) is 0 Å². The van der Waals surface area contributed by atoms with Gasteiger partial charge in [-0.3, -0.25) is 4.79 Å². The Morgan fingerprint density at radius 2 is 1.60 bits per heavy atom. The van der Waals surface area contributed by atoms with Gasteiger partial charge in [0, 0.05) is 36.9 Å². The van der Waals surface area contributed by atoms with Crippen LogP contribution < -0.4 is 4.90 Å². The molecule has 0 bridgehead atoms. The molecule has 164 valence electrons. The molecular formula is C22H30ClN3O4. The second kappa shape index (κ2) is 9.13. The van der Waals surface area contributed by atoms with Gasteiger partial charge >= 0.3 is 12.1 Å². The summed E-state index contributed by atoms with van der Waals surface area (Å²) in [7, 11) is 0. The first-order valence-corrected chi connectivity index (χ1v) is 10.3. The number of hydrogen-bond acceptors (Lipinski definition) is 5. The fourth-order valence-corrected chi connectivity index (χ4v) is 3.29. The Morgan fingerprint density at radius 1 is 1.03 bits per heavy atom. The molecule has 0 aromatic heterocycles. The van der Waals surface area contributed by atoms with Crippen LogP contribution in [-0.2, 0) is 20.7 Å². The molecule has 0 saturated carbocycles. The minimum Gasteiger partial charge on any atom is -0.460 e. The number of carbonyl (C=O) groups excluding carboxylic acids is 2. The van der Waals surface area contributed by atoms with Gasteiger partial charge in [0.15, 0.2) is 0 Å². The van der Waals surface area contributed by atoms with Crippen molar-refractivity contribution in [1.29, 1.82) is 0 Å². The van der Waals surface area contributed by atoms with Gasteiger partial charge in [-0.1, -0.05) is 11.6 Å². The average molecular weight is 436 g/mol. The molecule has 1 fully saturated rings. The molecule has 0 N–H and O–H groups in total. The normalized spacial score (nSPS) is 14.9. The van der Waals surface area contributed by atoms with Gasteiger partial charge in [-0.2, -0.15) is 0 Å². The van der Waals surface area contributed by atoms with Crippen molar-refractivity contribution in [2.45, 2.75) is 59.2 Å². The van der Waals surface area contributed by atoms with Crippen molar-refractivity contribution in [3.63, 3.8) is 0 Å². The van der Waals surface area contributed by atoms with Crippen LogP contribution in [-0.4, -0.2) is 54.3 Å². The highest BCUT2D eigenvalue weighted by atomic mass is 35.5. The lowest BCUT2D eigenvalue weighted by atomic mass is 10.1. The van der Waals surface area contributed by atoms with Crippen LogP contribution in [0.4, 0.5) is 16.2 Å². The van der Waals surface area contributed by atoms with E-state index < -0.39 is 11.2 Å². The largest absolute Gasteiger partial charge is 0.460 e. The topological polar surface area (TPSA) is 63.4 Å². The Morgan fingerprint density at radius 3 is 2.10 bits per heavy atom. The molecule has 8 heteroatoms. The number of rotatable bonds is 3. The highest BCUT2D eigenvalue weighted by Crippen LogP contribution is 2.35. The van der Waals surface area contributed by atoms with Crippen LogP contribution in [0.15, 0.2) is 12.1 Å². The summed E-state index contributed by atoms with van der Waals surface area (Å²) in [6.45, 7) is 20.5. The van der Waals surface area contributed by atoms with Crippen molar-refractivity contribution in [3.05, 3.63) is 34.1 Å². The predicted molar refractivity (Wildman–Crippen MR) is 117 cm³/mol. The monoisotopic (exact) mass is 435 g/mol. The van der Waals surface area contributed by atoms with Gasteiger partial charge in [0.1, 0.15) is 11.2 Å². The molecule has 0 radical (unpaired) electrons. The van der Waals surface area contributed by atoms with E-state index in [9.17, 15) is 9.59 Å². The van der Waals surface area contributed by atoms with Gasteiger partial charge in [0.2, 0.25) is 5.69 Å². The molecule has 1 saturated heterocycles. The molecule has 1 heterocycles. The highest BCUT2D eigenvalue weighted by molar-refractivity contribution is 6.32. The minimum atomic E-state index is -0.583. The molecule has 30 heavy (non-hydrogen) atoms. The van der Waals surface area contributed by atoms with Crippen LogP contribution in [0.2, 0.25) is 5.02 Å². The standard InChI is InChI=1S/C22H30ClN3O4/c1-21(2,3)29-19(27)13-15-12-18(17(24-7)14-16(15)23)25-8-10-26(11-9-25)20(28)30-22(4,5)6/h12,14H,8-11,13H2,1-6H3. The van der Waals surface area contributed by atoms with Crippen LogP contribution in [0.1, 0.15) is 47.1 Å². The predicted octanol–water partition coefficient (Wildman–Crippen LogP) is 4.83. The maximum absolute atomic E-state index is 12.3. The van der Waals surface area contributed by atoms with Crippen LogP contribution in [0.3, 0.4) is 0 Å². The molecule has 1 aromatic carbocycles. The fourth-order valence-electron chi connectivity index (χ4n) is 3.06. The summed E-state index contributed by atoms with van der Waals surface area (Å²) in [5.74, 6) is -0.374. The zero-order valence-corrected chi connectivity index (χ0v) is 19.3. The number of ether oxygens (including phenoxy) is 2. The van der Waals surface area contributed by atoms with Gasteiger partial charge in [-0.05, 0) is 59.2 Å². The van der Waals surface area contributed by atoms with Crippen LogP contribution in [0.5, 0.6) is 0 Å². The molecule has 1 aromatic rings. The van der Waals surface area contributed by atoms with Crippen molar-refractivity contribution >= 4 is 35.0 Å². The average Bonchev–Trinajstić information content (AvgIpc) is 2.60.